The molecule has 0 spiro atoms. The monoisotopic (exact) mass is 427 g/mol. The number of nitrogens with one attached hydrogen (secondary N) is 1. The molecule has 0 radical (unpaired) electrons. The van der Waals surface area contributed by atoms with E-state index in [4.69, 9.17) is 16.1 Å². The van der Waals surface area contributed by atoms with Gasteiger partial charge in [0.2, 0.25) is 5.16 Å². The van der Waals surface area contributed by atoms with Gasteiger partial charge in [0.1, 0.15) is 5.76 Å². The molecule has 0 bridgehead atoms. The van der Waals surface area contributed by atoms with Gasteiger partial charge >= 0.3 is 0 Å². The molecule has 0 saturated carbocycles. The zero-order valence-electron chi connectivity index (χ0n) is 16.1. The maximum atomic E-state index is 12.8. The van der Waals surface area contributed by atoms with E-state index in [-0.39, 0.29) is 11.5 Å². The Morgan fingerprint density at radius 1 is 1.21 bits per heavy atom. The van der Waals surface area contributed by atoms with Crippen LogP contribution in [0.2, 0.25) is 5.02 Å². The minimum Gasteiger partial charge on any atom is -0.360 e. The molecule has 0 aliphatic carbocycles. The van der Waals surface area contributed by atoms with E-state index < -0.39 is 0 Å². The molecule has 148 valence electrons. The lowest BCUT2D eigenvalue weighted by Gasteiger charge is -2.04. The molecule has 4 rings (SSSR count). The summed E-state index contributed by atoms with van der Waals surface area (Å²) in [7, 11) is 0. The molecule has 0 fully saturated rings. The Kier molecular flexibility index (Phi) is 5.29. The second-order valence-electron chi connectivity index (χ2n) is 6.60. The van der Waals surface area contributed by atoms with Crippen molar-refractivity contribution in [2.24, 2.45) is 0 Å². The molecule has 1 N–H and O–H groups in total. The van der Waals surface area contributed by atoms with Gasteiger partial charge in [0.25, 0.3) is 0 Å². The highest BCUT2D eigenvalue weighted by molar-refractivity contribution is 7.99. The van der Waals surface area contributed by atoms with Gasteiger partial charge in [0.15, 0.2) is 17.4 Å². The van der Waals surface area contributed by atoms with E-state index >= 15 is 0 Å². The number of thioether (sulfide) groups is 1. The highest BCUT2D eigenvalue weighted by Gasteiger charge is 2.19. The fourth-order valence-electron chi connectivity index (χ4n) is 3.11. The van der Waals surface area contributed by atoms with Crippen molar-refractivity contribution in [2.45, 2.75) is 25.9 Å². The van der Waals surface area contributed by atoms with Crippen molar-refractivity contribution >= 4 is 29.1 Å². The predicted molar refractivity (Wildman–Crippen MR) is 112 cm³/mol. The van der Waals surface area contributed by atoms with Crippen molar-refractivity contribution in [3.05, 3.63) is 64.1 Å². The average Bonchev–Trinajstić information content (AvgIpc) is 3.40. The zero-order valence-corrected chi connectivity index (χ0v) is 17.6. The second-order valence-corrected chi connectivity index (χ2v) is 7.98. The maximum absolute atomic E-state index is 12.8. The van der Waals surface area contributed by atoms with Gasteiger partial charge in [-0.25, -0.2) is 4.98 Å². The van der Waals surface area contributed by atoms with E-state index in [9.17, 15) is 4.79 Å². The molecule has 0 aliphatic rings. The number of ketones is 1. The van der Waals surface area contributed by atoms with Crippen LogP contribution in [0.5, 0.6) is 0 Å². The SMILES string of the molecule is Cc1cc(-n2c(C)cc(C(=O)CSc3n[nH]c(-c4ccc(Cl)cc4)n3)c2C)no1. The van der Waals surface area contributed by atoms with Crippen LogP contribution in [0, 0.1) is 20.8 Å². The number of aromatic amines is 1. The molecule has 0 saturated heterocycles. The summed E-state index contributed by atoms with van der Waals surface area (Å²) < 4.78 is 7.08. The van der Waals surface area contributed by atoms with Gasteiger partial charge in [-0.2, -0.15) is 0 Å². The van der Waals surface area contributed by atoms with Crippen LogP contribution in [0.1, 0.15) is 27.5 Å². The lowest BCUT2D eigenvalue weighted by Crippen LogP contribution is -2.06. The number of aromatic nitrogens is 5. The Labute approximate surface area is 176 Å². The number of carbonyl (C=O) groups is 1. The van der Waals surface area contributed by atoms with Crippen molar-refractivity contribution in [1.82, 2.24) is 24.9 Å². The van der Waals surface area contributed by atoms with E-state index in [1.807, 2.05) is 49.6 Å². The van der Waals surface area contributed by atoms with Gasteiger partial charge < -0.3 is 4.52 Å². The number of hydrogen-bond acceptors (Lipinski definition) is 6. The first-order valence-electron chi connectivity index (χ1n) is 8.89. The Bertz CT molecular complexity index is 1180. The number of H-pyrrole nitrogens is 1. The smallest absolute Gasteiger partial charge is 0.209 e. The highest BCUT2D eigenvalue weighted by atomic mass is 35.5. The number of carbonyl (C=O) groups excluding carboxylic acids is 1. The fourth-order valence-corrected chi connectivity index (χ4v) is 3.92. The molecule has 9 heteroatoms. The molecule has 3 aromatic heterocycles. The molecule has 29 heavy (non-hydrogen) atoms. The Morgan fingerprint density at radius 2 is 1.97 bits per heavy atom. The number of rotatable bonds is 6. The van der Waals surface area contributed by atoms with Crippen LogP contribution in [0.3, 0.4) is 0 Å². The molecular formula is C20H18ClN5O2S. The third-order valence-electron chi connectivity index (χ3n) is 4.49. The quantitative estimate of drug-likeness (QED) is 0.351. The first-order chi connectivity index (χ1) is 13.9. The molecule has 4 aromatic rings. The van der Waals surface area contributed by atoms with Gasteiger partial charge in [-0.05, 0) is 51.1 Å². The summed E-state index contributed by atoms with van der Waals surface area (Å²) in [6.07, 6.45) is 0. The normalized spacial score (nSPS) is 11.2. The zero-order chi connectivity index (χ0) is 20.5. The number of aryl methyl sites for hydroxylation is 2. The van der Waals surface area contributed by atoms with Crippen molar-refractivity contribution in [2.75, 3.05) is 5.75 Å². The summed E-state index contributed by atoms with van der Waals surface area (Å²) >= 11 is 7.21. The summed E-state index contributed by atoms with van der Waals surface area (Å²) in [6.45, 7) is 5.68. The molecule has 0 atom stereocenters. The summed E-state index contributed by atoms with van der Waals surface area (Å²) in [6, 6.07) is 11.0. The predicted octanol–water partition coefficient (Wildman–Crippen LogP) is 4.80. The van der Waals surface area contributed by atoms with Crippen LogP contribution in [0.4, 0.5) is 0 Å². The molecule has 7 nitrogen and oxygen atoms in total. The van der Waals surface area contributed by atoms with E-state index in [0.717, 1.165) is 22.7 Å². The molecule has 0 unspecified atom stereocenters. The largest absolute Gasteiger partial charge is 0.360 e. The molecule has 0 amide bonds. The summed E-state index contributed by atoms with van der Waals surface area (Å²) in [5.41, 5.74) is 3.29. The van der Waals surface area contributed by atoms with Gasteiger partial charge in [-0.15, -0.1) is 5.10 Å². The number of Topliss-reactive ketones (excluding diaryl/α,β-unsaturated/α-hetero) is 1. The second kappa shape index (κ2) is 7.88. The van der Waals surface area contributed by atoms with Crippen molar-refractivity contribution < 1.29 is 9.32 Å². The van der Waals surface area contributed by atoms with E-state index in [0.29, 0.717) is 27.4 Å². The third kappa shape index (κ3) is 3.99. The highest BCUT2D eigenvalue weighted by Crippen LogP contribution is 2.24. The van der Waals surface area contributed by atoms with Crippen LogP contribution >= 0.6 is 23.4 Å². The Morgan fingerprint density at radius 3 is 2.66 bits per heavy atom. The summed E-state index contributed by atoms with van der Waals surface area (Å²) in [5, 5.41) is 12.3. The van der Waals surface area contributed by atoms with Crippen LogP contribution in [0.15, 0.2) is 46.1 Å². The van der Waals surface area contributed by atoms with Crippen LogP contribution in [-0.4, -0.2) is 36.4 Å². The minimum atomic E-state index is 0.00686. The van der Waals surface area contributed by atoms with Crippen LogP contribution < -0.4 is 0 Å². The van der Waals surface area contributed by atoms with Crippen molar-refractivity contribution in [1.29, 1.82) is 0 Å². The van der Waals surface area contributed by atoms with Gasteiger partial charge in [-0.3, -0.25) is 14.5 Å². The molecular weight excluding hydrogens is 410 g/mol. The minimum absolute atomic E-state index is 0.00686. The maximum Gasteiger partial charge on any atom is 0.209 e. The molecule has 0 aliphatic heterocycles. The van der Waals surface area contributed by atoms with Crippen molar-refractivity contribution in [3.8, 4) is 17.2 Å². The third-order valence-corrected chi connectivity index (χ3v) is 5.59. The molecule has 1 aromatic carbocycles. The topological polar surface area (TPSA) is 89.6 Å². The Hall–Kier alpha value is -2.84. The first kappa shape index (κ1) is 19.5. The fraction of sp³-hybridized carbons (Fsp3) is 0.200. The summed E-state index contributed by atoms with van der Waals surface area (Å²) in [4.78, 5) is 17.2. The number of benzene rings is 1. The van der Waals surface area contributed by atoms with Crippen LogP contribution in [0.25, 0.3) is 17.2 Å². The lowest BCUT2D eigenvalue weighted by atomic mass is 10.2. The average molecular weight is 428 g/mol. The number of nitrogens with zero attached hydrogens (tertiary/aromatic N) is 4. The first-order valence-corrected chi connectivity index (χ1v) is 10.3. The number of hydrogen-bond donors (Lipinski definition) is 1. The van der Waals surface area contributed by atoms with Gasteiger partial charge in [0.05, 0.1) is 5.75 Å². The van der Waals surface area contributed by atoms with Gasteiger partial charge in [0, 0.05) is 33.6 Å². The van der Waals surface area contributed by atoms with Gasteiger partial charge in [-0.1, -0.05) is 28.5 Å². The number of halogens is 1. The van der Waals surface area contributed by atoms with Crippen LogP contribution in [-0.2, 0) is 0 Å². The van der Waals surface area contributed by atoms with Crippen molar-refractivity contribution in [3.63, 3.8) is 0 Å². The molecule has 3 heterocycles. The Balaban J connectivity index is 1.47. The van der Waals surface area contributed by atoms with E-state index in [1.165, 1.54) is 11.8 Å². The standard InChI is InChI=1S/C20H18ClN5O2S/c1-11-8-16(13(3)26(11)18-9-12(2)28-25-18)17(27)10-29-20-22-19(23-24-20)14-4-6-15(21)7-5-14/h4-9H,10H2,1-3H3,(H,22,23,24). The van der Waals surface area contributed by atoms with E-state index in [2.05, 4.69) is 20.3 Å². The lowest BCUT2D eigenvalue weighted by molar-refractivity contribution is 0.102. The van der Waals surface area contributed by atoms with E-state index in [1.54, 1.807) is 12.1 Å². The summed E-state index contributed by atoms with van der Waals surface area (Å²) in [5.74, 6) is 2.27.